The molecule has 0 aliphatic heterocycles. The summed E-state index contributed by atoms with van der Waals surface area (Å²) in [4.78, 5) is 0. The molecule has 0 N–H and O–H groups in total. The van der Waals surface area contributed by atoms with Gasteiger partial charge < -0.3 is 4.28 Å². The summed E-state index contributed by atoms with van der Waals surface area (Å²) in [6, 6.07) is 0. The van der Waals surface area contributed by atoms with E-state index in [9.17, 15) is 0 Å². The molecule has 0 saturated carbocycles. The molecule has 4 heteroatoms. The van der Waals surface area contributed by atoms with Gasteiger partial charge in [-0.1, -0.05) is 0 Å². The molecule has 1 nitrogen and oxygen atoms in total. The normalized spacial score (nSPS) is 1.00. The van der Waals surface area contributed by atoms with Crippen molar-refractivity contribution in [1.82, 2.24) is 0 Å². The minimum absolute atomic E-state index is 0. The van der Waals surface area contributed by atoms with Gasteiger partial charge in [0.15, 0.2) is 0 Å². The molecule has 0 spiro atoms. The molecule has 0 amide bonds. The summed E-state index contributed by atoms with van der Waals surface area (Å²) in [7, 11) is 0. The van der Waals surface area contributed by atoms with Crippen molar-refractivity contribution < 1.29 is 58.5 Å². The molecule has 0 aromatic rings. The first-order valence-electron chi connectivity index (χ1n) is 0.204. The third-order valence-corrected chi connectivity index (χ3v) is 0. The zero-order chi connectivity index (χ0) is 2.00. The van der Waals surface area contributed by atoms with E-state index in [4.69, 9.17) is 2.81 Å². The van der Waals surface area contributed by atoms with Crippen LogP contribution in [0, 0.1) is 0 Å². The molecule has 0 saturated heterocycles. The summed E-state index contributed by atoms with van der Waals surface area (Å²) in [6.45, 7) is 0. The second-order valence-corrected chi connectivity index (χ2v) is 0. The molecule has 18 valence electrons. The molecule has 0 rings (SSSR count). The van der Waals surface area contributed by atoms with Crippen LogP contribution in [0.15, 0.2) is 0 Å². The topological polar surface area (TPSA) is 17.1 Å². The third kappa shape index (κ3) is 9.31. The molecule has 0 heterocycles. The fraction of sp³-hybridized carbons (Fsp3) is 0. The number of hydrogen-bond acceptors (Lipinski definition) is 1. The second kappa shape index (κ2) is 15.8. The van der Waals surface area contributed by atoms with Gasteiger partial charge in [-0.05, 0) is 0 Å². The average Bonchev–Trinajstić information content (AvgIpc) is 1.00. The molecule has 0 unspecified atom stereocenters. The molecule has 0 aromatic carbocycles. The zero-order valence-corrected chi connectivity index (χ0v) is 14.1. The van der Waals surface area contributed by atoms with E-state index in [1.807, 2.05) is 0 Å². The quantitative estimate of drug-likeness (QED) is 0.378. The molecule has 0 radical (unpaired) electrons. The summed E-state index contributed by atoms with van der Waals surface area (Å²) in [5.41, 5.74) is 0. The van der Waals surface area contributed by atoms with E-state index in [0.29, 0.717) is 0 Å². The second-order valence-electron chi connectivity index (χ2n) is 0. The van der Waals surface area contributed by atoms with Crippen molar-refractivity contribution >= 4 is 73.6 Å². The Morgan fingerprint density at radius 3 is 1.50 bits per heavy atom. The fourth-order valence-electron chi connectivity index (χ4n) is 0. The van der Waals surface area contributed by atoms with E-state index in [0.717, 1.165) is 0 Å². The molecular weight excluding hydrogens is 401 g/mol. The van der Waals surface area contributed by atoms with Crippen LogP contribution >= 0.6 is 0 Å². The van der Waals surface area contributed by atoms with Crippen molar-refractivity contribution in [3.05, 3.63) is 0 Å². The van der Waals surface area contributed by atoms with Crippen LogP contribution in [0.4, 0.5) is 0 Å². The standard InChI is InChI=1S/Ba.Bi.K.O.4H/q+2;;+1;;;3*-1. The van der Waals surface area contributed by atoms with Gasteiger partial charge in [-0.2, -0.15) is 0 Å². The van der Waals surface area contributed by atoms with Crippen LogP contribution in [0.5, 0.6) is 0 Å². The van der Waals surface area contributed by atoms with Crippen molar-refractivity contribution in [2.24, 2.45) is 0 Å². The average molecular weight is 405 g/mol. The first kappa shape index (κ1) is 15.7. The summed E-state index contributed by atoms with van der Waals surface area (Å²) < 4.78 is 8.39. The van der Waals surface area contributed by atoms with Gasteiger partial charge >= 0.3 is 128 Å². The predicted molar refractivity (Wildman–Crippen MR) is 16.9 cm³/mol. The van der Waals surface area contributed by atoms with E-state index in [-0.39, 0.29) is 129 Å². The Hall–Kier alpha value is 3.89. The maximum atomic E-state index is 8.39. The van der Waals surface area contributed by atoms with Crippen LogP contribution in [0.3, 0.4) is 0 Å². The van der Waals surface area contributed by atoms with E-state index in [2.05, 4.69) is 0 Å². The van der Waals surface area contributed by atoms with Crippen LogP contribution in [-0.4, -0.2) is 73.6 Å². The Morgan fingerprint density at radius 2 is 1.50 bits per heavy atom. The molecule has 0 fully saturated rings. The Balaban J connectivity index is -0.000000000500. The van der Waals surface area contributed by atoms with Crippen molar-refractivity contribution in [3.8, 4) is 0 Å². The van der Waals surface area contributed by atoms with Crippen LogP contribution < -0.4 is 51.4 Å². The Kier molecular flexibility index (Phi) is 61.9. The Morgan fingerprint density at radius 1 is 1.50 bits per heavy atom. The van der Waals surface area contributed by atoms with Crippen LogP contribution in [0.2, 0.25) is 0 Å². The van der Waals surface area contributed by atoms with Gasteiger partial charge in [0.2, 0.25) is 0 Å². The van der Waals surface area contributed by atoms with Gasteiger partial charge in [-0.3, -0.25) is 0 Å². The van der Waals surface area contributed by atoms with Crippen LogP contribution in [0.1, 0.15) is 4.28 Å². The molecule has 0 aliphatic rings. The number of hydrogen-bond donors (Lipinski definition) is 0. The predicted octanol–water partition coefficient (Wildman–Crippen LogP) is -3.81. The summed E-state index contributed by atoms with van der Waals surface area (Å²) in [6.07, 6.45) is 0. The van der Waals surface area contributed by atoms with Gasteiger partial charge in [-0.15, -0.1) is 0 Å². The molecule has 0 aromatic heterocycles. The summed E-state index contributed by atoms with van der Waals surface area (Å²) in [5, 5.41) is 0. The van der Waals surface area contributed by atoms with Gasteiger partial charge in [-0.25, -0.2) is 0 Å². The van der Waals surface area contributed by atoms with E-state index in [1.165, 1.54) is 0 Å². The van der Waals surface area contributed by atoms with Crippen molar-refractivity contribution in [3.63, 3.8) is 0 Å². The van der Waals surface area contributed by atoms with Crippen molar-refractivity contribution in [2.45, 2.75) is 0 Å². The van der Waals surface area contributed by atoms with Crippen molar-refractivity contribution in [2.75, 3.05) is 0 Å². The molecule has 0 atom stereocenters. The fourth-order valence-corrected chi connectivity index (χ4v) is 0. The molecular formula is H4BaBiKO. The third-order valence-electron chi connectivity index (χ3n) is 0. The van der Waals surface area contributed by atoms with E-state index < -0.39 is 0 Å². The van der Waals surface area contributed by atoms with E-state index >= 15 is 0 Å². The van der Waals surface area contributed by atoms with Gasteiger partial charge in [0, 0.05) is 0 Å². The Labute approximate surface area is 128 Å². The molecule has 0 bridgehead atoms. The maximum absolute atomic E-state index is 8.39. The molecule has 0 aliphatic carbocycles. The minimum atomic E-state index is 0. The SMILES string of the molecule is [Ba+2].[H-].[H-].[H-].[K+].[O]=[BiH]. The van der Waals surface area contributed by atoms with Crippen LogP contribution in [-0.2, 0) is 2.81 Å². The first-order valence-corrected chi connectivity index (χ1v) is 1.79. The Bertz CT molecular complexity index is 14.9. The monoisotopic (exact) mass is 406 g/mol. The van der Waals surface area contributed by atoms with E-state index in [1.54, 1.807) is 0 Å². The van der Waals surface area contributed by atoms with Gasteiger partial charge in [0.05, 0.1) is 0 Å². The van der Waals surface area contributed by atoms with Crippen LogP contribution in [0.25, 0.3) is 0 Å². The molecule has 4 heavy (non-hydrogen) atoms. The first-order chi connectivity index (χ1) is 1.00. The summed E-state index contributed by atoms with van der Waals surface area (Å²) in [5.74, 6) is 0. The zero-order valence-electron chi connectivity index (χ0n) is 5.62. The van der Waals surface area contributed by atoms with Crippen molar-refractivity contribution in [1.29, 1.82) is 0 Å². The summed E-state index contributed by atoms with van der Waals surface area (Å²) >= 11 is 0.0556. The van der Waals surface area contributed by atoms with Gasteiger partial charge in [0.25, 0.3) is 0 Å². The number of rotatable bonds is 0. The van der Waals surface area contributed by atoms with Gasteiger partial charge in [0.1, 0.15) is 0 Å².